The van der Waals surface area contributed by atoms with Crippen LogP contribution in [0.5, 0.6) is 0 Å². The number of halogens is 4. The number of rotatable bonds is 7. The summed E-state index contributed by atoms with van der Waals surface area (Å²) in [5.74, 6) is -1.69. The Kier molecular flexibility index (Phi) is 9.13. The number of anilines is 1. The van der Waals surface area contributed by atoms with Crippen LogP contribution in [-0.4, -0.2) is 36.3 Å². The Hall–Kier alpha value is -2.58. The first-order valence-electron chi connectivity index (χ1n) is 8.77. The zero-order valence-corrected chi connectivity index (χ0v) is 16.6. The zero-order chi connectivity index (χ0) is 20.7. The molecular weight excluding hydrogens is 407 g/mol. The van der Waals surface area contributed by atoms with Crippen LogP contribution in [0, 0.1) is 0 Å². The van der Waals surface area contributed by atoms with E-state index in [4.69, 9.17) is 5.73 Å². The Bertz CT molecular complexity index is 816. The largest absolute Gasteiger partial charge is 0.418 e. The third kappa shape index (κ3) is 6.47. The second-order valence-electron chi connectivity index (χ2n) is 6.14. The fourth-order valence-corrected chi connectivity index (χ4v) is 2.83. The second kappa shape index (κ2) is 10.8. The Morgan fingerprint density at radius 2 is 1.66 bits per heavy atom. The summed E-state index contributed by atoms with van der Waals surface area (Å²) in [4.78, 5) is 26.4. The molecule has 0 aliphatic carbocycles. The lowest BCUT2D eigenvalue weighted by molar-refractivity contribution is -0.137. The highest BCUT2D eigenvalue weighted by Crippen LogP contribution is 2.34. The van der Waals surface area contributed by atoms with Crippen molar-refractivity contribution in [1.82, 2.24) is 4.90 Å². The minimum atomic E-state index is -4.60. The average Bonchev–Trinajstić information content (AvgIpc) is 2.67. The lowest BCUT2D eigenvalue weighted by Crippen LogP contribution is -2.42. The minimum Gasteiger partial charge on any atom is -0.333 e. The summed E-state index contributed by atoms with van der Waals surface area (Å²) in [7, 11) is 0. The monoisotopic (exact) mass is 429 g/mol. The van der Waals surface area contributed by atoms with E-state index in [1.165, 1.54) is 23.1 Å². The minimum absolute atomic E-state index is 0. The van der Waals surface area contributed by atoms with Crippen molar-refractivity contribution < 1.29 is 22.8 Å². The molecule has 0 spiro atoms. The molecule has 0 fully saturated rings. The highest BCUT2D eigenvalue weighted by atomic mass is 35.5. The number of carbonyl (C=O) groups is 2. The second-order valence-corrected chi connectivity index (χ2v) is 6.14. The number of nitrogens with zero attached hydrogens (tertiary/aromatic N) is 1. The maximum Gasteiger partial charge on any atom is 0.418 e. The molecule has 2 aromatic rings. The van der Waals surface area contributed by atoms with Gasteiger partial charge in [-0.05, 0) is 24.6 Å². The van der Waals surface area contributed by atoms with Gasteiger partial charge in [0.05, 0.1) is 23.7 Å². The molecule has 0 heterocycles. The molecule has 29 heavy (non-hydrogen) atoms. The number of nitrogens with one attached hydrogen (secondary N) is 1. The van der Waals surface area contributed by atoms with E-state index in [1.54, 1.807) is 31.2 Å². The molecule has 0 aromatic heterocycles. The molecule has 0 saturated carbocycles. The number of carbonyl (C=O) groups excluding carboxylic acids is 2. The van der Waals surface area contributed by atoms with Gasteiger partial charge in [-0.1, -0.05) is 42.5 Å². The number of hydrogen-bond acceptors (Lipinski definition) is 3. The number of alkyl halides is 3. The zero-order valence-electron chi connectivity index (χ0n) is 15.8. The Labute approximate surface area is 173 Å². The van der Waals surface area contributed by atoms with Crippen LogP contribution in [-0.2, 0) is 15.8 Å². The third-order valence-corrected chi connectivity index (χ3v) is 4.27. The molecule has 2 amide bonds. The van der Waals surface area contributed by atoms with E-state index in [-0.39, 0.29) is 43.6 Å². The van der Waals surface area contributed by atoms with Crippen molar-refractivity contribution in [2.75, 3.05) is 25.0 Å². The lowest BCUT2D eigenvalue weighted by Gasteiger charge is -2.25. The van der Waals surface area contributed by atoms with Gasteiger partial charge in [-0.15, -0.1) is 12.4 Å². The van der Waals surface area contributed by atoms with E-state index < -0.39 is 23.6 Å². The quantitative estimate of drug-likeness (QED) is 0.705. The molecule has 3 N–H and O–H groups in total. The van der Waals surface area contributed by atoms with Crippen molar-refractivity contribution in [2.24, 2.45) is 5.73 Å². The van der Waals surface area contributed by atoms with Gasteiger partial charge in [0.25, 0.3) is 0 Å². The molecule has 158 valence electrons. The van der Waals surface area contributed by atoms with Gasteiger partial charge < -0.3 is 16.0 Å². The van der Waals surface area contributed by atoms with Crippen molar-refractivity contribution in [3.63, 3.8) is 0 Å². The normalized spacial score (nSPS) is 11.9. The van der Waals surface area contributed by atoms with E-state index in [1.807, 2.05) is 6.07 Å². The molecule has 0 aliphatic heterocycles. The maximum absolute atomic E-state index is 13.1. The van der Waals surface area contributed by atoms with E-state index >= 15 is 0 Å². The summed E-state index contributed by atoms with van der Waals surface area (Å²) in [6.07, 6.45) is -4.60. The van der Waals surface area contributed by atoms with Crippen LogP contribution < -0.4 is 11.1 Å². The van der Waals surface area contributed by atoms with Crippen LogP contribution in [0.3, 0.4) is 0 Å². The van der Waals surface area contributed by atoms with Crippen molar-refractivity contribution in [3.8, 4) is 0 Å². The van der Waals surface area contributed by atoms with Crippen LogP contribution in [0.4, 0.5) is 18.9 Å². The van der Waals surface area contributed by atoms with Gasteiger partial charge >= 0.3 is 6.18 Å². The molecule has 5 nitrogen and oxygen atoms in total. The molecular formula is C20H23ClF3N3O2. The van der Waals surface area contributed by atoms with E-state index in [0.717, 1.165) is 11.6 Å². The van der Waals surface area contributed by atoms with Gasteiger partial charge in [-0.2, -0.15) is 13.2 Å². The van der Waals surface area contributed by atoms with Crippen LogP contribution in [0.1, 0.15) is 24.0 Å². The molecule has 0 bridgehead atoms. The van der Waals surface area contributed by atoms with Crippen LogP contribution in [0.2, 0.25) is 0 Å². The number of benzene rings is 2. The van der Waals surface area contributed by atoms with Crippen molar-refractivity contribution in [2.45, 2.75) is 19.0 Å². The SMILES string of the molecule is CCN(CC(=O)Nc1ccccc1C(F)(F)F)C(=O)C(CN)c1ccccc1.Cl. The molecule has 1 unspecified atom stereocenters. The number of likely N-dealkylation sites (N-methyl/N-ethyl adjacent to an activating group) is 1. The van der Waals surface area contributed by atoms with Crippen LogP contribution >= 0.6 is 12.4 Å². The highest BCUT2D eigenvalue weighted by Gasteiger charge is 2.34. The topological polar surface area (TPSA) is 75.4 Å². The summed E-state index contributed by atoms with van der Waals surface area (Å²) in [6.45, 7) is 1.59. The number of hydrogen-bond donors (Lipinski definition) is 2. The molecule has 9 heteroatoms. The third-order valence-electron chi connectivity index (χ3n) is 4.27. The van der Waals surface area contributed by atoms with E-state index in [0.29, 0.717) is 0 Å². The summed E-state index contributed by atoms with van der Waals surface area (Å²) >= 11 is 0. The lowest BCUT2D eigenvalue weighted by atomic mass is 9.97. The molecule has 1 atom stereocenters. The fraction of sp³-hybridized carbons (Fsp3) is 0.300. The first-order valence-corrected chi connectivity index (χ1v) is 8.77. The fourth-order valence-electron chi connectivity index (χ4n) is 2.83. The number of para-hydroxylation sites is 1. The van der Waals surface area contributed by atoms with Gasteiger partial charge in [0, 0.05) is 13.1 Å². The molecule has 0 aliphatic rings. The smallest absolute Gasteiger partial charge is 0.333 e. The molecule has 0 saturated heterocycles. The van der Waals surface area contributed by atoms with Gasteiger partial charge in [0.2, 0.25) is 11.8 Å². The first kappa shape index (κ1) is 24.5. The van der Waals surface area contributed by atoms with Crippen molar-refractivity contribution >= 4 is 29.9 Å². The number of nitrogens with two attached hydrogens (primary N) is 1. The molecule has 0 radical (unpaired) electrons. The van der Waals surface area contributed by atoms with Gasteiger partial charge in [0.1, 0.15) is 0 Å². The van der Waals surface area contributed by atoms with E-state index in [9.17, 15) is 22.8 Å². The average molecular weight is 430 g/mol. The van der Waals surface area contributed by atoms with Gasteiger partial charge in [-0.25, -0.2) is 0 Å². The first-order chi connectivity index (χ1) is 13.3. The molecule has 2 rings (SSSR count). The predicted molar refractivity (Wildman–Crippen MR) is 108 cm³/mol. The maximum atomic E-state index is 13.1. The Balaban J connectivity index is 0.00000420. The summed E-state index contributed by atoms with van der Waals surface area (Å²) in [5.41, 5.74) is 5.18. The van der Waals surface area contributed by atoms with Crippen molar-refractivity contribution in [1.29, 1.82) is 0 Å². The predicted octanol–water partition coefficient (Wildman–Crippen LogP) is 3.66. The highest BCUT2D eigenvalue weighted by molar-refractivity contribution is 5.96. The summed E-state index contributed by atoms with van der Waals surface area (Å²) in [6, 6.07) is 13.6. The Morgan fingerprint density at radius 3 is 2.21 bits per heavy atom. The Morgan fingerprint density at radius 1 is 1.07 bits per heavy atom. The van der Waals surface area contributed by atoms with Crippen LogP contribution in [0.15, 0.2) is 54.6 Å². The summed E-state index contributed by atoms with van der Waals surface area (Å²) in [5, 5.41) is 2.25. The molecule has 2 aromatic carbocycles. The van der Waals surface area contributed by atoms with Gasteiger partial charge in [-0.3, -0.25) is 9.59 Å². The number of amides is 2. The van der Waals surface area contributed by atoms with E-state index in [2.05, 4.69) is 5.32 Å². The van der Waals surface area contributed by atoms with Crippen molar-refractivity contribution in [3.05, 3.63) is 65.7 Å². The van der Waals surface area contributed by atoms with Gasteiger partial charge in [0.15, 0.2) is 0 Å². The standard InChI is InChI=1S/C20H22F3N3O2.ClH/c1-2-26(19(28)15(12-24)14-8-4-3-5-9-14)13-18(27)25-17-11-7-6-10-16(17)20(21,22)23;/h3-11,15H,2,12-13,24H2,1H3,(H,25,27);1H. The summed E-state index contributed by atoms with van der Waals surface area (Å²) < 4.78 is 39.2. The van der Waals surface area contributed by atoms with Crippen LogP contribution in [0.25, 0.3) is 0 Å².